The molecule has 0 N–H and O–H groups in total. The normalized spacial score (nSPS) is 17.9. The molecule has 0 atom stereocenters. The quantitative estimate of drug-likeness (QED) is 0.508. The first-order valence-electron chi connectivity index (χ1n) is 9.85. The molecule has 0 bridgehead atoms. The van der Waals surface area contributed by atoms with Crippen molar-refractivity contribution in [3.63, 3.8) is 0 Å². The zero-order valence-electron chi connectivity index (χ0n) is 15.8. The number of hydrogen-bond acceptors (Lipinski definition) is 4. The van der Waals surface area contributed by atoms with Gasteiger partial charge in [-0.1, -0.05) is 49.2 Å². The van der Waals surface area contributed by atoms with Crippen LogP contribution < -0.4 is 0 Å². The molecule has 146 valence electrons. The third-order valence-corrected chi connectivity index (χ3v) is 5.76. The van der Waals surface area contributed by atoms with Gasteiger partial charge in [0.2, 0.25) is 0 Å². The van der Waals surface area contributed by atoms with Crippen LogP contribution in [0, 0.1) is 0 Å². The molecule has 1 aliphatic carbocycles. The van der Waals surface area contributed by atoms with E-state index >= 15 is 0 Å². The molecule has 0 radical (unpaired) electrons. The number of carbonyl (C=O) groups is 3. The molecule has 1 saturated carbocycles. The minimum absolute atomic E-state index is 0.00202. The summed E-state index contributed by atoms with van der Waals surface area (Å²) < 4.78 is 1.87. The fourth-order valence-corrected chi connectivity index (χ4v) is 4.32. The molecule has 0 unspecified atom stereocenters. The van der Waals surface area contributed by atoms with Gasteiger partial charge in [-0.05, 0) is 25.0 Å². The molecular formula is C22H20N4O3. The first kappa shape index (κ1) is 17.6. The van der Waals surface area contributed by atoms with E-state index in [2.05, 4.69) is 0 Å². The summed E-state index contributed by atoms with van der Waals surface area (Å²) in [5.74, 6) is -1.47. The first-order chi connectivity index (χ1) is 14.1. The molecule has 3 aromatic rings. The van der Waals surface area contributed by atoms with Gasteiger partial charge in [0.1, 0.15) is 5.65 Å². The zero-order valence-corrected chi connectivity index (χ0v) is 15.8. The lowest BCUT2D eigenvalue weighted by Gasteiger charge is -2.21. The summed E-state index contributed by atoms with van der Waals surface area (Å²) in [6, 6.07) is 14.6. The molecule has 3 heterocycles. The second-order valence-corrected chi connectivity index (χ2v) is 7.49. The largest absolute Gasteiger partial charge is 0.334 e. The Morgan fingerprint density at radius 3 is 2.38 bits per heavy atom. The van der Waals surface area contributed by atoms with E-state index in [1.54, 1.807) is 0 Å². The van der Waals surface area contributed by atoms with Gasteiger partial charge >= 0.3 is 17.8 Å². The van der Waals surface area contributed by atoms with Crippen LogP contribution in [-0.4, -0.2) is 43.1 Å². The van der Waals surface area contributed by atoms with Crippen molar-refractivity contribution in [1.82, 2.24) is 19.2 Å². The van der Waals surface area contributed by atoms with Crippen molar-refractivity contribution >= 4 is 23.5 Å². The Bertz CT molecular complexity index is 1120. The number of imidazole rings is 1. The maximum atomic E-state index is 13.0. The third kappa shape index (κ3) is 2.81. The SMILES string of the molecule is O=C1C(=O)N(C2CCCC2)C(=O)N1Cc1c(-c2ccccc2)nc2ccccn12. The lowest BCUT2D eigenvalue weighted by molar-refractivity contribution is -0.144. The predicted octanol–water partition coefficient (Wildman–Crippen LogP) is 3.23. The van der Waals surface area contributed by atoms with E-state index in [9.17, 15) is 14.4 Å². The van der Waals surface area contributed by atoms with Crippen molar-refractivity contribution in [2.24, 2.45) is 0 Å². The molecule has 29 heavy (non-hydrogen) atoms. The van der Waals surface area contributed by atoms with Crippen molar-refractivity contribution in [3.05, 3.63) is 60.4 Å². The number of nitrogens with zero attached hydrogens (tertiary/aromatic N) is 4. The van der Waals surface area contributed by atoms with Crippen LogP contribution >= 0.6 is 0 Å². The number of imide groups is 2. The Morgan fingerprint density at radius 2 is 1.62 bits per heavy atom. The number of amides is 4. The lowest BCUT2D eigenvalue weighted by Crippen LogP contribution is -2.39. The van der Waals surface area contributed by atoms with E-state index in [0.717, 1.165) is 41.8 Å². The van der Waals surface area contributed by atoms with Crippen LogP contribution in [0.25, 0.3) is 16.9 Å². The minimum atomic E-state index is -0.758. The summed E-state index contributed by atoms with van der Waals surface area (Å²) in [4.78, 5) is 45.2. The number of pyridine rings is 1. The van der Waals surface area contributed by atoms with E-state index < -0.39 is 17.8 Å². The number of fused-ring (bicyclic) bond motifs is 1. The third-order valence-electron chi connectivity index (χ3n) is 5.76. The molecule has 7 heteroatoms. The molecular weight excluding hydrogens is 368 g/mol. The van der Waals surface area contributed by atoms with Gasteiger partial charge in [0.15, 0.2) is 0 Å². The first-order valence-corrected chi connectivity index (χ1v) is 9.85. The van der Waals surface area contributed by atoms with Crippen LogP contribution in [0.3, 0.4) is 0 Å². The molecule has 7 nitrogen and oxygen atoms in total. The molecule has 4 amide bonds. The fourth-order valence-electron chi connectivity index (χ4n) is 4.32. The Kier molecular flexibility index (Phi) is 4.16. The summed E-state index contributed by atoms with van der Waals surface area (Å²) in [7, 11) is 0. The molecule has 1 aliphatic heterocycles. The van der Waals surface area contributed by atoms with Gasteiger partial charge in [0, 0.05) is 17.8 Å². The highest BCUT2D eigenvalue weighted by molar-refractivity contribution is 6.44. The fraction of sp³-hybridized carbons (Fsp3) is 0.273. The van der Waals surface area contributed by atoms with Crippen LogP contribution in [0.15, 0.2) is 54.7 Å². The molecule has 0 spiro atoms. The Hall–Kier alpha value is -3.48. The lowest BCUT2D eigenvalue weighted by atomic mass is 10.1. The molecule has 5 rings (SSSR count). The smallest absolute Gasteiger partial charge is 0.302 e. The zero-order chi connectivity index (χ0) is 20.0. The molecule has 1 saturated heterocycles. The Balaban J connectivity index is 1.56. The molecule has 2 fully saturated rings. The van der Waals surface area contributed by atoms with Crippen LogP contribution in [-0.2, 0) is 16.1 Å². The molecule has 1 aromatic carbocycles. The average Bonchev–Trinajstić information content (AvgIpc) is 3.44. The molecule has 2 aromatic heterocycles. The minimum Gasteiger partial charge on any atom is -0.302 e. The Labute approximate surface area is 167 Å². The van der Waals surface area contributed by atoms with Gasteiger partial charge in [0.25, 0.3) is 0 Å². The second-order valence-electron chi connectivity index (χ2n) is 7.49. The van der Waals surface area contributed by atoms with Crippen molar-refractivity contribution in [1.29, 1.82) is 0 Å². The average molecular weight is 388 g/mol. The van der Waals surface area contributed by atoms with E-state index in [-0.39, 0.29) is 12.6 Å². The van der Waals surface area contributed by atoms with Crippen LogP contribution in [0.1, 0.15) is 31.4 Å². The number of urea groups is 1. The summed E-state index contributed by atoms with van der Waals surface area (Å²) in [6.07, 6.45) is 5.33. The van der Waals surface area contributed by atoms with Crippen molar-refractivity contribution in [2.45, 2.75) is 38.3 Å². The van der Waals surface area contributed by atoms with Crippen molar-refractivity contribution in [3.8, 4) is 11.3 Å². The van der Waals surface area contributed by atoms with E-state index in [4.69, 9.17) is 4.98 Å². The number of carbonyl (C=O) groups excluding carboxylic acids is 3. The van der Waals surface area contributed by atoms with Crippen LogP contribution in [0.5, 0.6) is 0 Å². The number of benzene rings is 1. The maximum Gasteiger partial charge on any atom is 0.334 e. The van der Waals surface area contributed by atoms with Gasteiger partial charge in [0.05, 0.1) is 17.9 Å². The summed E-state index contributed by atoms with van der Waals surface area (Å²) >= 11 is 0. The number of hydrogen-bond donors (Lipinski definition) is 0. The van der Waals surface area contributed by atoms with Gasteiger partial charge in [-0.3, -0.25) is 14.5 Å². The summed E-state index contributed by atoms with van der Waals surface area (Å²) in [5.41, 5.74) is 3.02. The Morgan fingerprint density at radius 1 is 0.897 bits per heavy atom. The number of rotatable bonds is 4. The highest BCUT2D eigenvalue weighted by Gasteiger charge is 2.48. The topological polar surface area (TPSA) is 75.0 Å². The van der Waals surface area contributed by atoms with Crippen molar-refractivity contribution in [2.75, 3.05) is 0 Å². The highest BCUT2D eigenvalue weighted by Crippen LogP contribution is 2.30. The monoisotopic (exact) mass is 388 g/mol. The van der Waals surface area contributed by atoms with E-state index in [1.807, 2.05) is 59.1 Å². The van der Waals surface area contributed by atoms with Gasteiger partial charge in [-0.25, -0.2) is 14.7 Å². The number of aromatic nitrogens is 2. The summed E-state index contributed by atoms with van der Waals surface area (Å²) in [5, 5.41) is 0. The van der Waals surface area contributed by atoms with Crippen LogP contribution in [0.2, 0.25) is 0 Å². The second kappa shape index (κ2) is 6.84. The van der Waals surface area contributed by atoms with Crippen molar-refractivity contribution < 1.29 is 14.4 Å². The van der Waals surface area contributed by atoms with E-state index in [0.29, 0.717) is 11.4 Å². The predicted molar refractivity (Wildman–Crippen MR) is 106 cm³/mol. The molecule has 2 aliphatic rings. The van der Waals surface area contributed by atoms with Gasteiger partial charge in [-0.15, -0.1) is 0 Å². The summed E-state index contributed by atoms with van der Waals surface area (Å²) in [6.45, 7) is 0.00202. The highest BCUT2D eigenvalue weighted by atomic mass is 16.2. The van der Waals surface area contributed by atoms with Crippen LogP contribution in [0.4, 0.5) is 4.79 Å². The standard InChI is InChI=1S/C22H20N4O3/c27-20-21(28)26(16-10-4-5-11-16)22(29)25(20)14-17-19(15-8-2-1-3-9-15)23-18-12-6-7-13-24(17)18/h1-3,6-9,12-13,16H,4-5,10-11,14H2. The van der Waals surface area contributed by atoms with E-state index in [1.165, 1.54) is 4.90 Å². The maximum absolute atomic E-state index is 13.0. The van der Waals surface area contributed by atoms with Gasteiger partial charge in [-0.2, -0.15) is 0 Å². The van der Waals surface area contributed by atoms with Gasteiger partial charge < -0.3 is 4.40 Å².